The number of primary amides is 1. The number of benzene rings is 2. The van der Waals surface area contributed by atoms with Crippen LogP contribution in [-0.2, 0) is 4.79 Å². The van der Waals surface area contributed by atoms with Gasteiger partial charge in [-0.15, -0.1) is 0 Å². The number of ether oxygens (including phenoxy) is 1. The Morgan fingerprint density at radius 2 is 1.96 bits per heavy atom. The third-order valence-corrected chi connectivity index (χ3v) is 3.87. The topological polar surface area (TPSA) is 81.4 Å². The van der Waals surface area contributed by atoms with Gasteiger partial charge in [0.2, 0.25) is 0 Å². The summed E-state index contributed by atoms with van der Waals surface area (Å²) in [6.07, 6.45) is -0.784. The van der Waals surface area contributed by atoms with Gasteiger partial charge in [0.25, 0.3) is 11.8 Å². The first-order chi connectivity index (χ1) is 10.9. The monoisotopic (exact) mass is 396 g/mol. The number of para-hydroxylation sites is 1. The average molecular weight is 398 g/mol. The van der Waals surface area contributed by atoms with Gasteiger partial charge in [-0.25, -0.2) is 0 Å². The van der Waals surface area contributed by atoms with Gasteiger partial charge >= 0.3 is 0 Å². The second kappa shape index (κ2) is 7.48. The van der Waals surface area contributed by atoms with Gasteiger partial charge in [-0.1, -0.05) is 23.7 Å². The minimum absolute atomic E-state index is 0.237. The van der Waals surface area contributed by atoms with Crippen molar-refractivity contribution in [1.82, 2.24) is 0 Å². The molecule has 0 aliphatic heterocycles. The number of carbonyl (C=O) groups is 2. The Morgan fingerprint density at radius 1 is 1.26 bits per heavy atom. The molecular formula is C16H14BrClN2O3. The number of anilines is 1. The number of hydrogen-bond donors (Lipinski definition) is 2. The third kappa shape index (κ3) is 4.46. The SMILES string of the molecule is CC(Oc1ccc(Cl)cc1Br)C(=O)Nc1ccccc1C(N)=O. The van der Waals surface area contributed by atoms with Gasteiger partial charge < -0.3 is 15.8 Å². The highest BCUT2D eigenvalue weighted by molar-refractivity contribution is 9.10. The van der Waals surface area contributed by atoms with E-state index < -0.39 is 17.9 Å². The molecule has 2 amide bonds. The van der Waals surface area contributed by atoms with E-state index >= 15 is 0 Å². The van der Waals surface area contributed by atoms with Crippen LogP contribution < -0.4 is 15.8 Å². The summed E-state index contributed by atoms with van der Waals surface area (Å²) >= 11 is 9.18. The first kappa shape index (κ1) is 17.3. The normalized spacial score (nSPS) is 11.6. The highest BCUT2D eigenvalue weighted by atomic mass is 79.9. The van der Waals surface area contributed by atoms with Crippen LogP contribution in [0, 0.1) is 0 Å². The Kier molecular flexibility index (Phi) is 5.63. The van der Waals surface area contributed by atoms with Crippen molar-refractivity contribution < 1.29 is 14.3 Å². The van der Waals surface area contributed by atoms with Gasteiger partial charge in [-0.2, -0.15) is 0 Å². The third-order valence-electron chi connectivity index (χ3n) is 3.02. The van der Waals surface area contributed by atoms with Crippen molar-refractivity contribution in [1.29, 1.82) is 0 Å². The van der Waals surface area contributed by atoms with Crippen LogP contribution >= 0.6 is 27.5 Å². The molecule has 0 aliphatic carbocycles. The molecule has 0 saturated heterocycles. The minimum Gasteiger partial charge on any atom is -0.480 e. The van der Waals surface area contributed by atoms with Crippen LogP contribution in [0.1, 0.15) is 17.3 Å². The Morgan fingerprint density at radius 3 is 2.61 bits per heavy atom. The van der Waals surface area contributed by atoms with Crippen LogP contribution in [-0.4, -0.2) is 17.9 Å². The molecule has 0 aromatic heterocycles. The number of halogens is 2. The fraction of sp³-hybridized carbons (Fsp3) is 0.125. The molecule has 2 aromatic rings. The molecule has 0 fully saturated rings. The number of nitrogens with one attached hydrogen (secondary N) is 1. The standard InChI is InChI=1S/C16H14BrClN2O3/c1-9(23-14-7-6-10(18)8-12(14)17)16(22)20-13-5-3-2-4-11(13)15(19)21/h2-9H,1H3,(H2,19,21)(H,20,22). The van der Waals surface area contributed by atoms with E-state index in [4.69, 9.17) is 22.1 Å². The lowest BCUT2D eigenvalue weighted by molar-refractivity contribution is -0.122. The molecule has 23 heavy (non-hydrogen) atoms. The molecule has 0 heterocycles. The highest BCUT2D eigenvalue weighted by Gasteiger charge is 2.18. The molecular weight excluding hydrogens is 384 g/mol. The van der Waals surface area contributed by atoms with Gasteiger partial charge in [0.15, 0.2) is 6.10 Å². The van der Waals surface area contributed by atoms with Gasteiger partial charge in [0, 0.05) is 5.02 Å². The van der Waals surface area contributed by atoms with E-state index in [9.17, 15) is 9.59 Å². The van der Waals surface area contributed by atoms with E-state index in [0.29, 0.717) is 20.9 Å². The molecule has 1 unspecified atom stereocenters. The molecule has 1 atom stereocenters. The molecule has 0 spiro atoms. The molecule has 7 heteroatoms. The number of nitrogens with two attached hydrogens (primary N) is 1. The molecule has 0 aliphatic rings. The maximum absolute atomic E-state index is 12.2. The van der Waals surface area contributed by atoms with Gasteiger partial charge in [-0.3, -0.25) is 9.59 Å². The van der Waals surface area contributed by atoms with E-state index in [0.717, 1.165) is 0 Å². The van der Waals surface area contributed by atoms with Gasteiger partial charge in [0.05, 0.1) is 15.7 Å². The summed E-state index contributed by atoms with van der Waals surface area (Å²) in [6.45, 7) is 1.60. The Hall–Kier alpha value is -2.05. The Labute approximate surface area is 146 Å². The predicted octanol–water partition coefficient (Wildman–Crippen LogP) is 3.61. The van der Waals surface area contributed by atoms with Gasteiger partial charge in [0.1, 0.15) is 5.75 Å². The second-order valence-electron chi connectivity index (χ2n) is 4.73. The van der Waals surface area contributed by atoms with Crippen molar-refractivity contribution >= 4 is 45.0 Å². The van der Waals surface area contributed by atoms with Crippen molar-refractivity contribution in [2.45, 2.75) is 13.0 Å². The molecule has 0 bridgehead atoms. The zero-order valence-corrected chi connectivity index (χ0v) is 14.5. The smallest absolute Gasteiger partial charge is 0.265 e. The van der Waals surface area contributed by atoms with Crippen molar-refractivity contribution in [3.63, 3.8) is 0 Å². The molecule has 2 aromatic carbocycles. The quantitative estimate of drug-likeness (QED) is 0.808. The lowest BCUT2D eigenvalue weighted by Crippen LogP contribution is -2.31. The van der Waals surface area contributed by atoms with Crippen LogP contribution in [0.4, 0.5) is 5.69 Å². The highest BCUT2D eigenvalue weighted by Crippen LogP contribution is 2.29. The second-order valence-corrected chi connectivity index (χ2v) is 6.02. The van der Waals surface area contributed by atoms with E-state index in [1.165, 1.54) is 0 Å². The van der Waals surface area contributed by atoms with Gasteiger partial charge in [-0.05, 0) is 53.2 Å². The molecule has 0 saturated carbocycles. The van der Waals surface area contributed by atoms with Crippen LogP contribution in [0.15, 0.2) is 46.9 Å². The summed E-state index contributed by atoms with van der Waals surface area (Å²) in [5.41, 5.74) is 5.86. The first-order valence-corrected chi connectivity index (χ1v) is 7.87. The van der Waals surface area contributed by atoms with Crippen LogP contribution in [0.3, 0.4) is 0 Å². The lowest BCUT2D eigenvalue weighted by Gasteiger charge is -2.16. The molecule has 3 N–H and O–H groups in total. The maximum atomic E-state index is 12.2. The zero-order chi connectivity index (χ0) is 17.0. The summed E-state index contributed by atoms with van der Waals surface area (Å²) in [7, 11) is 0. The average Bonchev–Trinajstić information content (AvgIpc) is 2.50. The minimum atomic E-state index is -0.784. The first-order valence-electron chi connectivity index (χ1n) is 6.70. The lowest BCUT2D eigenvalue weighted by atomic mass is 10.1. The maximum Gasteiger partial charge on any atom is 0.265 e. The van der Waals surface area contributed by atoms with E-state index in [1.54, 1.807) is 49.4 Å². The van der Waals surface area contributed by atoms with E-state index in [1.807, 2.05) is 0 Å². The van der Waals surface area contributed by atoms with Crippen molar-refractivity contribution in [2.75, 3.05) is 5.32 Å². The summed E-state index contributed by atoms with van der Waals surface area (Å²) in [5, 5.41) is 3.19. The van der Waals surface area contributed by atoms with Crippen LogP contribution in [0.5, 0.6) is 5.75 Å². The Balaban J connectivity index is 2.10. The fourth-order valence-corrected chi connectivity index (χ4v) is 2.63. The molecule has 2 rings (SSSR count). The van der Waals surface area contributed by atoms with Crippen molar-refractivity contribution in [2.24, 2.45) is 5.73 Å². The van der Waals surface area contributed by atoms with Crippen molar-refractivity contribution in [3.8, 4) is 5.75 Å². The van der Waals surface area contributed by atoms with E-state index in [2.05, 4.69) is 21.2 Å². The summed E-state index contributed by atoms with van der Waals surface area (Å²) in [6, 6.07) is 11.5. The summed E-state index contributed by atoms with van der Waals surface area (Å²) in [4.78, 5) is 23.6. The van der Waals surface area contributed by atoms with Crippen LogP contribution in [0.2, 0.25) is 5.02 Å². The largest absolute Gasteiger partial charge is 0.480 e. The number of carbonyl (C=O) groups excluding carboxylic acids is 2. The molecule has 120 valence electrons. The predicted molar refractivity (Wildman–Crippen MR) is 92.8 cm³/mol. The van der Waals surface area contributed by atoms with Crippen LogP contribution in [0.25, 0.3) is 0 Å². The number of rotatable bonds is 5. The summed E-state index contributed by atoms with van der Waals surface area (Å²) < 4.78 is 6.24. The van der Waals surface area contributed by atoms with Crippen molar-refractivity contribution in [3.05, 3.63) is 57.5 Å². The number of amides is 2. The van der Waals surface area contributed by atoms with E-state index in [-0.39, 0.29) is 5.56 Å². The molecule has 0 radical (unpaired) electrons. The number of hydrogen-bond acceptors (Lipinski definition) is 3. The fourth-order valence-electron chi connectivity index (χ4n) is 1.86. The summed E-state index contributed by atoms with van der Waals surface area (Å²) in [5.74, 6) is -0.532. The molecule has 5 nitrogen and oxygen atoms in total. The zero-order valence-electron chi connectivity index (χ0n) is 12.2. The Bertz CT molecular complexity index is 752.